The first-order chi connectivity index (χ1) is 9.05. The molecule has 0 saturated heterocycles. The van der Waals surface area contributed by atoms with Gasteiger partial charge in [-0.1, -0.05) is 29.4 Å². The zero-order valence-corrected chi connectivity index (χ0v) is 10.8. The van der Waals surface area contributed by atoms with Crippen molar-refractivity contribution in [3.8, 4) is 11.6 Å². The van der Waals surface area contributed by atoms with E-state index in [1.165, 1.54) is 0 Å². The Morgan fingerprint density at radius 3 is 2.68 bits per heavy atom. The topological polar surface area (TPSA) is 77.8 Å². The van der Waals surface area contributed by atoms with Crippen LogP contribution in [0.1, 0.15) is 19.7 Å². The Hall–Kier alpha value is -2.27. The molecule has 0 bridgehead atoms. The van der Waals surface area contributed by atoms with Crippen LogP contribution in [0.2, 0.25) is 0 Å². The summed E-state index contributed by atoms with van der Waals surface area (Å²) in [6.07, 6.45) is 1.73. The molecule has 96 valence electrons. The van der Waals surface area contributed by atoms with E-state index in [-0.39, 0.29) is 0 Å². The first-order valence-corrected chi connectivity index (χ1v) is 6.03. The second-order valence-electron chi connectivity index (χ2n) is 5.03. The predicted molar refractivity (Wildman–Crippen MR) is 72.2 cm³/mol. The van der Waals surface area contributed by atoms with Crippen LogP contribution in [0.15, 0.2) is 41.1 Å². The molecule has 0 spiro atoms. The molecule has 5 nitrogen and oxygen atoms in total. The number of fused-ring (bicyclic) bond motifs is 1. The third-order valence-electron chi connectivity index (χ3n) is 2.88. The summed E-state index contributed by atoms with van der Waals surface area (Å²) in [6.45, 7) is 3.66. The molecule has 0 unspecified atom stereocenters. The van der Waals surface area contributed by atoms with Crippen molar-refractivity contribution >= 4 is 10.8 Å². The fraction of sp³-hybridized carbons (Fsp3) is 0.214. The van der Waals surface area contributed by atoms with Gasteiger partial charge in [0.25, 0.3) is 5.89 Å². The zero-order valence-electron chi connectivity index (χ0n) is 10.8. The van der Waals surface area contributed by atoms with Gasteiger partial charge in [0.15, 0.2) is 5.82 Å². The number of hydrogen-bond acceptors (Lipinski definition) is 5. The lowest BCUT2D eigenvalue weighted by Crippen LogP contribution is -2.30. The number of hydrogen-bond donors (Lipinski definition) is 1. The molecule has 0 aliphatic rings. The highest BCUT2D eigenvalue weighted by Crippen LogP contribution is 2.26. The van der Waals surface area contributed by atoms with Crippen molar-refractivity contribution < 1.29 is 4.52 Å². The molecule has 2 heterocycles. The Labute approximate surface area is 110 Å². The molecule has 0 radical (unpaired) electrons. The Balaban J connectivity index is 2.17. The van der Waals surface area contributed by atoms with Gasteiger partial charge in [-0.15, -0.1) is 0 Å². The Morgan fingerprint density at radius 2 is 1.95 bits per heavy atom. The molecule has 0 fully saturated rings. The van der Waals surface area contributed by atoms with Crippen LogP contribution in [0.5, 0.6) is 0 Å². The average molecular weight is 254 g/mol. The molecule has 0 amide bonds. The molecule has 2 N–H and O–H groups in total. The van der Waals surface area contributed by atoms with Gasteiger partial charge in [-0.25, -0.2) is 0 Å². The molecule has 2 aromatic heterocycles. The molecule has 0 aliphatic heterocycles. The summed E-state index contributed by atoms with van der Waals surface area (Å²) in [5.74, 6) is 0.863. The van der Waals surface area contributed by atoms with E-state index < -0.39 is 5.54 Å². The Bertz CT molecular complexity index is 722. The van der Waals surface area contributed by atoms with Crippen molar-refractivity contribution in [2.45, 2.75) is 19.4 Å². The molecular formula is C14H14N4O. The zero-order chi connectivity index (χ0) is 13.5. The van der Waals surface area contributed by atoms with Crippen LogP contribution in [0, 0.1) is 0 Å². The van der Waals surface area contributed by atoms with Crippen molar-refractivity contribution in [1.29, 1.82) is 0 Å². The van der Waals surface area contributed by atoms with E-state index in [2.05, 4.69) is 15.1 Å². The highest BCUT2D eigenvalue weighted by Gasteiger charge is 2.23. The summed E-state index contributed by atoms with van der Waals surface area (Å²) >= 11 is 0. The summed E-state index contributed by atoms with van der Waals surface area (Å²) < 4.78 is 5.28. The number of rotatable bonds is 2. The molecule has 1 aromatic carbocycles. The van der Waals surface area contributed by atoms with E-state index in [1.54, 1.807) is 6.20 Å². The van der Waals surface area contributed by atoms with Gasteiger partial charge in [0.2, 0.25) is 0 Å². The van der Waals surface area contributed by atoms with E-state index in [0.717, 1.165) is 10.8 Å². The molecule has 19 heavy (non-hydrogen) atoms. The second kappa shape index (κ2) is 4.13. The summed E-state index contributed by atoms with van der Waals surface area (Å²) in [5, 5.41) is 5.98. The molecule has 0 saturated carbocycles. The van der Waals surface area contributed by atoms with E-state index in [0.29, 0.717) is 17.4 Å². The summed E-state index contributed by atoms with van der Waals surface area (Å²) in [7, 11) is 0. The van der Waals surface area contributed by atoms with Crippen LogP contribution >= 0.6 is 0 Å². The minimum absolute atomic E-state index is 0.394. The Morgan fingerprint density at radius 1 is 1.16 bits per heavy atom. The van der Waals surface area contributed by atoms with E-state index in [1.807, 2.05) is 44.2 Å². The van der Waals surface area contributed by atoms with Crippen LogP contribution < -0.4 is 5.73 Å². The van der Waals surface area contributed by atoms with Gasteiger partial charge in [-0.05, 0) is 25.3 Å². The van der Waals surface area contributed by atoms with Gasteiger partial charge < -0.3 is 10.3 Å². The smallest absolute Gasteiger partial charge is 0.277 e. The first-order valence-electron chi connectivity index (χ1n) is 6.03. The quantitative estimate of drug-likeness (QED) is 0.760. The number of pyridine rings is 1. The van der Waals surface area contributed by atoms with Gasteiger partial charge in [-0.2, -0.15) is 4.98 Å². The molecule has 5 heteroatoms. The Kier molecular flexibility index (Phi) is 2.57. The molecule has 0 aliphatic carbocycles. The summed E-state index contributed by atoms with van der Waals surface area (Å²) in [5.41, 5.74) is 6.00. The van der Waals surface area contributed by atoms with Crippen LogP contribution in [0.4, 0.5) is 0 Å². The van der Waals surface area contributed by atoms with E-state index in [4.69, 9.17) is 10.3 Å². The molecule has 3 aromatic rings. The van der Waals surface area contributed by atoms with Crippen molar-refractivity contribution in [1.82, 2.24) is 15.1 Å². The third-order valence-corrected chi connectivity index (χ3v) is 2.88. The van der Waals surface area contributed by atoms with Crippen LogP contribution in [-0.4, -0.2) is 15.1 Å². The first kappa shape index (κ1) is 11.8. The summed E-state index contributed by atoms with van der Waals surface area (Å²) in [4.78, 5) is 8.67. The fourth-order valence-corrected chi connectivity index (χ4v) is 1.87. The maximum absolute atomic E-state index is 5.96. The van der Waals surface area contributed by atoms with E-state index >= 15 is 0 Å². The van der Waals surface area contributed by atoms with E-state index in [9.17, 15) is 0 Å². The van der Waals surface area contributed by atoms with Gasteiger partial charge in [0.1, 0.15) is 5.69 Å². The SMILES string of the molecule is CC(C)(N)c1noc(-c2nccc3ccccc23)n1. The minimum atomic E-state index is -0.633. The molecular weight excluding hydrogens is 240 g/mol. The maximum Gasteiger partial charge on any atom is 0.277 e. The van der Waals surface area contributed by atoms with Crippen molar-refractivity contribution in [3.63, 3.8) is 0 Å². The van der Waals surface area contributed by atoms with Crippen LogP contribution in [0.3, 0.4) is 0 Å². The molecule has 3 rings (SSSR count). The van der Waals surface area contributed by atoms with Crippen molar-refractivity contribution in [3.05, 3.63) is 42.4 Å². The highest BCUT2D eigenvalue weighted by atomic mass is 16.5. The van der Waals surface area contributed by atoms with Crippen LogP contribution in [-0.2, 0) is 5.54 Å². The lowest BCUT2D eigenvalue weighted by atomic mass is 10.1. The minimum Gasteiger partial charge on any atom is -0.332 e. The standard InChI is InChI=1S/C14H14N4O/c1-14(2,15)13-17-12(19-18-13)11-10-6-4-3-5-9(10)7-8-16-11/h3-8H,15H2,1-2H3. The second-order valence-corrected chi connectivity index (χ2v) is 5.03. The number of nitrogens with two attached hydrogens (primary N) is 1. The van der Waals surface area contributed by atoms with Crippen molar-refractivity contribution in [2.24, 2.45) is 5.73 Å². The van der Waals surface area contributed by atoms with Crippen LogP contribution in [0.25, 0.3) is 22.4 Å². The lowest BCUT2D eigenvalue weighted by molar-refractivity contribution is 0.396. The van der Waals surface area contributed by atoms with Crippen molar-refractivity contribution in [2.75, 3.05) is 0 Å². The fourth-order valence-electron chi connectivity index (χ4n) is 1.87. The number of benzene rings is 1. The van der Waals surface area contributed by atoms with Gasteiger partial charge in [-0.3, -0.25) is 4.98 Å². The number of aromatic nitrogens is 3. The maximum atomic E-state index is 5.96. The predicted octanol–water partition coefficient (Wildman–Crippen LogP) is 2.48. The monoisotopic (exact) mass is 254 g/mol. The summed E-state index contributed by atoms with van der Waals surface area (Å²) in [6, 6.07) is 9.88. The van der Waals surface area contributed by atoms with Gasteiger partial charge in [0, 0.05) is 11.6 Å². The van der Waals surface area contributed by atoms with Gasteiger partial charge >= 0.3 is 0 Å². The van der Waals surface area contributed by atoms with Gasteiger partial charge in [0.05, 0.1) is 5.54 Å². The highest BCUT2D eigenvalue weighted by molar-refractivity contribution is 5.92. The number of nitrogens with zero attached hydrogens (tertiary/aromatic N) is 3. The average Bonchev–Trinajstić information content (AvgIpc) is 2.87. The normalized spacial score (nSPS) is 11.9. The third kappa shape index (κ3) is 2.08. The largest absolute Gasteiger partial charge is 0.332 e. The molecule has 0 atom stereocenters. The lowest BCUT2D eigenvalue weighted by Gasteiger charge is -2.11.